The molecule has 0 heterocycles. The molecule has 0 saturated heterocycles. The number of nitrogens with zero attached hydrogens (tertiary/aromatic N) is 1. The fourth-order valence-corrected chi connectivity index (χ4v) is 3.60. The van der Waals surface area contributed by atoms with E-state index in [-0.39, 0.29) is 35.5 Å². The number of hydrogen-bond donors (Lipinski definition) is 1. The zero-order valence-corrected chi connectivity index (χ0v) is 19.3. The summed E-state index contributed by atoms with van der Waals surface area (Å²) in [5, 5.41) is 3.76. The Morgan fingerprint density at radius 1 is 1.00 bits per heavy atom. The van der Waals surface area contributed by atoms with Gasteiger partial charge >= 0.3 is 0 Å². The van der Waals surface area contributed by atoms with Crippen LogP contribution in [-0.4, -0.2) is 28.8 Å². The zero-order valence-electron chi connectivity index (χ0n) is 17.0. The number of amides is 2. The first-order valence-electron chi connectivity index (χ1n) is 9.61. The highest BCUT2D eigenvalue weighted by atomic mass is 35.5. The first-order chi connectivity index (χ1) is 14.1. The van der Waals surface area contributed by atoms with Crippen LogP contribution in [-0.2, 0) is 22.6 Å². The standard InChI is InChI=1S/C22H24Cl3FN2O2/c1-4-13(2)27-22(30)14(3)28(12-16-18(24)7-5-8-19(16)25)21(29)11-15-17(23)9-6-10-20(15)26/h5-10,13-14H,4,11-12H2,1-3H3,(H,27,30)/t13-,14-/m1/s1. The lowest BCUT2D eigenvalue weighted by atomic mass is 10.1. The van der Waals surface area contributed by atoms with Crippen LogP contribution in [0.1, 0.15) is 38.3 Å². The molecule has 2 aromatic rings. The van der Waals surface area contributed by atoms with E-state index in [1.165, 1.54) is 23.1 Å². The SMILES string of the molecule is CC[C@@H](C)NC(=O)[C@@H](C)N(Cc1c(Cl)cccc1Cl)C(=O)Cc1c(F)cccc1Cl. The first-order valence-corrected chi connectivity index (χ1v) is 10.7. The molecule has 2 atom stereocenters. The molecular weight excluding hydrogens is 450 g/mol. The van der Waals surface area contributed by atoms with Crippen LogP contribution in [0.15, 0.2) is 36.4 Å². The van der Waals surface area contributed by atoms with E-state index in [4.69, 9.17) is 34.8 Å². The fraction of sp³-hybridized carbons (Fsp3) is 0.364. The smallest absolute Gasteiger partial charge is 0.242 e. The lowest BCUT2D eigenvalue weighted by Crippen LogP contribution is -2.50. The molecule has 0 aliphatic rings. The van der Waals surface area contributed by atoms with Gasteiger partial charge in [0, 0.05) is 38.8 Å². The van der Waals surface area contributed by atoms with Crippen molar-refractivity contribution < 1.29 is 14.0 Å². The summed E-state index contributed by atoms with van der Waals surface area (Å²) in [6.07, 6.45) is 0.447. The molecule has 0 aromatic heterocycles. The van der Waals surface area contributed by atoms with E-state index in [9.17, 15) is 14.0 Å². The molecule has 0 spiro atoms. The first kappa shape index (κ1) is 24.4. The van der Waals surface area contributed by atoms with Gasteiger partial charge in [0.05, 0.1) is 6.42 Å². The van der Waals surface area contributed by atoms with Crippen molar-refractivity contribution in [2.45, 2.75) is 52.2 Å². The molecular formula is C22H24Cl3FN2O2. The van der Waals surface area contributed by atoms with Gasteiger partial charge in [0.2, 0.25) is 11.8 Å². The number of benzene rings is 2. The highest BCUT2D eigenvalue weighted by molar-refractivity contribution is 6.36. The van der Waals surface area contributed by atoms with Crippen LogP contribution < -0.4 is 5.32 Å². The number of nitrogens with one attached hydrogen (secondary N) is 1. The van der Waals surface area contributed by atoms with Gasteiger partial charge in [-0.05, 0) is 44.5 Å². The van der Waals surface area contributed by atoms with Gasteiger partial charge in [0.15, 0.2) is 0 Å². The minimum absolute atomic E-state index is 0.00148. The molecule has 4 nitrogen and oxygen atoms in total. The number of halogens is 4. The summed E-state index contributed by atoms with van der Waals surface area (Å²) in [5.74, 6) is -1.37. The zero-order chi connectivity index (χ0) is 22.4. The Morgan fingerprint density at radius 3 is 2.07 bits per heavy atom. The van der Waals surface area contributed by atoms with Gasteiger partial charge in [-0.3, -0.25) is 9.59 Å². The average Bonchev–Trinajstić information content (AvgIpc) is 2.69. The van der Waals surface area contributed by atoms with Crippen molar-refractivity contribution in [2.24, 2.45) is 0 Å². The van der Waals surface area contributed by atoms with Crippen LogP contribution in [0.25, 0.3) is 0 Å². The molecule has 2 amide bonds. The number of hydrogen-bond acceptors (Lipinski definition) is 2. The van der Waals surface area contributed by atoms with Gasteiger partial charge in [-0.15, -0.1) is 0 Å². The van der Waals surface area contributed by atoms with Crippen LogP contribution in [0, 0.1) is 5.82 Å². The van der Waals surface area contributed by atoms with Crippen molar-refractivity contribution in [2.75, 3.05) is 0 Å². The predicted octanol–water partition coefficient (Wildman–Crippen LogP) is 5.66. The molecule has 162 valence electrons. The summed E-state index contributed by atoms with van der Waals surface area (Å²) in [4.78, 5) is 27.3. The van der Waals surface area contributed by atoms with Gasteiger partial charge in [-0.25, -0.2) is 4.39 Å². The molecule has 0 fully saturated rings. The second kappa shape index (κ2) is 11.0. The number of carbonyl (C=O) groups is 2. The van der Waals surface area contributed by atoms with Crippen LogP contribution in [0.3, 0.4) is 0 Å². The van der Waals surface area contributed by atoms with Crippen molar-refractivity contribution >= 4 is 46.6 Å². The quantitative estimate of drug-likeness (QED) is 0.538. The monoisotopic (exact) mass is 472 g/mol. The molecule has 1 N–H and O–H groups in total. The third kappa shape index (κ3) is 6.10. The van der Waals surface area contributed by atoms with Gasteiger partial charge in [-0.2, -0.15) is 0 Å². The maximum Gasteiger partial charge on any atom is 0.242 e. The minimum Gasteiger partial charge on any atom is -0.352 e. The Bertz CT molecular complexity index is 883. The van der Waals surface area contributed by atoms with Crippen molar-refractivity contribution in [3.05, 3.63) is 68.4 Å². The van der Waals surface area contributed by atoms with E-state index in [0.717, 1.165) is 6.42 Å². The summed E-state index contributed by atoms with van der Waals surface area (Å²) < 4.78 is 14.2. The van der Waals surface area contributed by atoms with E-state index in [0.29, 0.717) is 15.6 Å². The highest BCUT2D eigenvalue weighted by Gasteiger charge is 2.29. The summed E-state index contributed by atoms with van der Waals surface area (Å²) in [6.45, 7) is 5.44. The van der Waals surface area contributed by atoms with E-state index >= 15 is 0 Å². The van der Waals surface area contributed by atoms with Gasteiger partial charge in [-0.1, -0.05) is 53.9 Å². The van der Waals surface area contributed by atoms with Crippen LogP contribution in [0.4, 0.5) is 4.39 Å². The van der Waals surface area contributed by atoms with E-state index in [1.807, 2.05) is 13.8 Å². The van der Waals surface area contributed by atoms with Crippen molar-refractivity contribution in [3.8, 4) is 0 Å². The molecule has 0 radical (unpaired) electrons. The maximum absolute atomic E-state index is 14.2. The van der Waals surface area contributed by atoms with Crippen LogP contribution in [0.2, 0.25) is 15.1 Å². The average molecular weight is 474 g/mol. The Hall–Kier alpha value is -1.82. The molecule has 2 rings (SSSR count). The van der Waals surface area contributed by atoms with Crippen molar-refractivity contribution in [3.63, 3.8) is 0 Å². The molecule has 0 bridgehead atoms. The lowest BCUT2D eigenvalue weighted by Gasteiger charge is -2.30. The summed E-state index contributed by atoms with van der Waals surface area (Å²) in [7, 11) is 0. The highest BCUT2D eigenvalue weighted by Crippen LogP contribution is 2.27. The van der Waals surface area contributed by atoms with Gasteiger partial charge in [0.1, 0.15) is 11.9 Å². The van der Waals surface area contributed by atoms with Crippen LogP contribution >= 0.6 is 34.8 Å². The molecule has 0 unspecified atom stereocenters. The largest absolute Gasteiger partial charge is 0.352 e. The van der Waals surface area contributed by atoms with Gasteiger partial charge in [0.25, 0.3) is 0 Å². The van der Waals surface area contributed by atoms with E-state index in [1.54, 1.807) is 25.1 Å². The third-order valence-electron chi connectivity index (χ3n) is 4.95. The molecule has 0 saturated carbocycles. The number of rotatable bonds is 8. The van der Waals surface area contributed by atoms with Crippen molar-refractivity contribution in [1.82, 2.24) is 10.2 Å². The molecule has 0 aliphatic carbocycles. The summed E-state index contributed by atoms with van der Waals surface area (Å²) in [5.41, 5.74) is 0.589. The third-order valence-corrected chi connectivity index (χ3v) is 6.01. The van der Waals surface area contributed by atoms with Crippen molar-refractivity contribution in [1.29, 1.82) is 0 Å². The molecule has 0 aliphatic heterocycles. The lowest BCUT2D eigenvalue weighted by molar-refractivity contribution is -0.140. The Balaban J connectivity index is 2.37. The Morgan fingerprint density at radius 2 is 1.53 bits per heavy atom. The Labute approximate surface area is 191 Å². The fourth-order valence-electron chi connectivity index (χ4n) is 2.86. The van der Waals surface area contributed by atoms with Crippen LogP contribution in [0.5, 0.6) is 0 Å². The summed E-state index contributed by atoms with van der Waals surface area (Å²) in [6, 6.07) is 8.34. The molecule has 2 aromatic carbocycles. The van der Waals surface area contributed by atoms with E-state index in [2.05, 4.69) is 5.32 Å². The second-order valence-corrected chi connectivity index (χ2v) is 8.31. The topological polar surface area (TPSA) is 49.4 Å². The molecule has 8 heteroatoms. The number of carbonyl (C=O) groups excluding carboxylic acids is 2. The molecule has 30 heavy (non-hydrogen) atoms. The second-order valence-electron chi connectivity index (χ2n) is 7.09. The Kier molecular flexibility index (Phi) is 8.95. The summed E-state index contributed by atoms with van der Waals surface area (Å²) >= 11 is 18.6. The van der Waals surface area contributed by atoms with Gasteiger partial charge < -0.3 is 10.2 Å². The minimum atomic E-state index is -0.829. The normalized spacial score (nSPS) is 12.9. The maximum atomic E-state index is 14.2. The predicted molar refractivity (Wildman–Crippen MR) is 119 cm³/mol. The van der Waals surface area contributed by atoms with E-state index < -0.39 is 17.8 Å².